The summed E-state index contributed by atoms with van der Waals surface area (Å²) in [7, 11) is 3.09. The molecule has 1 aromatic heterocycles. The zero-order valence-corrected chi connectivity index (χ0v) is 13.5. The molecule has 0 N–H and O–H groups in total. The fourth-order valence-electron chi connectivity index (χ4n) is 2.73. The van der Waals surface area contributed by atoms with Gasteiger partial charge in [-0.15, -0.1) is 0 Å². The third-order valence-electron chi connectivity index (χ3n) is 3.94. The van der Waals surface area contributed by atoms with Gasteiger partial charge in [0.2, 0.25) is 0 Å². The number of carbonyl (C=O) groups excluding carboxylic acids is 1. The van der Waals surface area contributed by atoms with Crippen molar-refractivity contribution >= 4 is 5.91 Å². The Morgan fingerprint density at radius 1 is 1.26 bits per heavy atom. The maximum Gasteiger partial charge on any atom is 0.258 e. The molecule has 0 atom stereocenters. The summed E-state index contributed by atoms with van der Waals surface area (Å²) >= 11 is 0. The molecule has 3 rings (SSSR count). The second kappa shape index (κ2) is 6.24. The van der Waals surface area contributed by atoms with Crippen LogP contribution in [-0.2, 0) is 19.5 Å². The van der Waals surface area contributed by atoms with Crippen LogP contribution in [0.3, 0.4) is 0 Å². The van der Waals surface area contributed by atoms with Crippen molar-refractivity contribution in [3.63, 3.8) is 0 Å². The Morgan fingerprint density at radius 2 is 2.09 bits per heavy atom. The van der Waals surface area contributed by atoms with Crippen LogP contribution < -0.4 is 9.47 Å². The number of hydrogen-bond donors (Lipinski definition) is 0. The molecule has 2 heterocycles. The molecule has 0 saturated carbocycles. The number of benzene rings is 1. The van der Waals surface area contributed by atoms with Crippen LogP contribution in [0.2, 0.25) is 0 Å². The van der Waals surface area contributed by atoms with Crippen molar-refractivity contribution in [2.45, 2.75) is 26.4 Å². The van der Waals surface area contributed by atoms with Gasteiger partial charge >= 0.3 is 0 Å². The van der Waals surface area contributed by atoms with Crippen LogP contribution in [0.4, 0.5) is 0 Å². The monoisotopic (exact) mass is 313 g/mol. The number of ether oxygens (including phenoxy) is 2. The third kappa shape index (κ3) is 2.72. The topological polar surface area (TPSA) is 64.6 Å². The van der Waals surface area contributed by atoms with Crippen LogP contribution in [0.25, 0.3) is 0 Å². The minimum absolute atomic E-state index is 0.100. The fourth-order valence-corrected chi connectivity index (χ4v) is 2.73. The maximum atomic E-state index is 12.9. The van der Waals surface area contributed by atoms with Crippen molar-refractivity contribution in [1.29, 1.82) is 0 Å². The molecule has 1 amide bonds. The Bertz CT molecular complexity index is 746. The van der Waals surface area contributed by atoms with Gasteiger partial charge in [0.15, 0.2) is 11.5 Å². The van der Waals surface area contributed by atoms with Gasteiger partial charge in [-0.05, 0) is 12.1 Å². The second-order valence-electron chi connectivity index (χ2n) is 5.31. The van der Waals surface area contributed by atoms with Crippen LogP contribution >= 0.6 is 0 Å². The summed E-state index contributed by atoms with van der Waals surface area (Å²) in [5.41, 5.74) is 2.41. The molecule has 23 heavy (non-hydrogen) atoms. The van der Waals surface area contributed by atoms with Crippen molar-refractivity contribution in [2.24, 2.45) is 0 Å². The van der Waals surface area contributed by atoms with Gasteiger partial charge in [0, 0.05) is 24.7 Å². The van der Waals surface area contributed by atoms with Gasteiger partial charge in [0.25, 0.3) is 5.91 Å². The minimum atomic E-state index is -0.100. The first-order chi connectivity index (χ1) is 11.2. The largest absolute Gasteiger partial charge is 0.493 e. The Labute approximate surface area is 135 Å². The van der Waals surface area contributed by atoms with Gasteiger partial charge < -0.3 is 14.4 Å². The van der Waals surface area contributed by atoms with E-state index >= 15 is 0 Å². The number of nitrogens with zero attached hydrogens (tertiary/aromatic N) is 3. The summed E-state index contributed by atoms with van der Waals surface area (Å²) in [6, 6.07) is 5.30. The molecule has 0 bridgehead atoms. The number of methoxy groups -OCH3 is 2. The van der Waals surface area contributed by atoms with Gasteiger partial charge in [-0.25, -0.2) is 9.97 Å². The number of hydrogen-bond acceptors (Lipinski definition) is 5. The third-order valence-corrected chi connectivity index (χ3v) is 3.94. The number of aryl methyl sites for hydroxylation is 1. The first-order valence-corrected chi connectivity index (χ1v) is 7.51. The smallest absolute Gasteiger partial charge is 0.258 e. The van der Waals surface area contributed by atoms with E-state index in [1.165, 1.54) is 7.11 Å². The lowest BCUT2D eigenvalue weighted by atomic mass is 10.1. The second-order valence-corrected chi connectivity index (χ2v) is 5.31. The molecule has 1 aliphatic rings. The molecule has 0 spiro atoms. The molecule has 2 aromatic rings. The van der Waals surface area contributed by atoms with Gasteiger partial charge in [-0.2, -0.15) is 0 Å². The first kappa shape index (κ1) is 15.3. The Morgan fingerprint density at radius 3 is 2.78 bits per heavy atom. The van der Waals surface area contributed by atoms with Crippen molar-refractivity contribution in [3.05, 3.63) is 47.0 Å². The molecule has 120 valence electrons. The summed E-state index contributed by atoms with van der Waals surface area (Å²) in [4.78, 5) is 23.4. The molecule has 1 aromatic carbocycles. The molecule has 1 aliphatic heterocycles. The SMILES string of the molecule is CCc1ncc2c(n1)CN(C(=O)c1cccc(OC)c1OC)C2. The van der Waals surface area contributed by atoms with E-state index in [1.807, 2.05) is 13.1 Å². The number of aromatic nitrogens is 2. The Kier molecular flexibility index (Phi) is 4.14. The molecular weight excluding hydrogens is 294 g/mol. The van der Waals surface area contributed by atoms with E-state index in [-0.39, 0.29) is 5.91 Å². The van der Waals surface area contributed by atoms with E-state index < -0.39 is 0 Å². The maximum absolute atomic E-state index is 12.9. The quantitative estimate of drug-likeness (QED) is 0.866. The highest BCUT2D eigenvalue weighted by Gasteiger charge is 2.28. The van der Waals surface area contributed by atoms with Crippen LogP contribution in [0.1, 0.15) is 34.4 Å². The zero-order valence-electron chi connectivity index (χ0n) is 13.5. The van der Waals surface area contributed by atoms with Gasteiger partial charge in [0.05, 0.1) is 32.0 Å². The average Bonchev–Trinajstić information content (AvgIpc) is 3.03. The van der Waals surface area contributed by atoms with Gasteiger partial charge in [-0.1, -0.05) is 13.0 Å². The zero-order chi connectivity index (χ0) is 16.4. The first-order valence-electron chi connectivity index (χ1n) is 7.51. The van der Waals surface area contributed by atoms with Gasteiger partial charge in [-0.3, -0.25) is 4.79 Å². The summed E-state index contributed by atoms with van der Waals surface area (Å²) in [6.07, 6.45) is 2.60. The predicted molar refractivity (Wildman–Crippen MR) is 84.5 cm³/mol. The lowest BCUT2D eigenvalue weighted by Gasteiger charge is -2.18. The molecule has 6 nitrogen and oxygen atoms in total. The van der Waals surface area contributed by atoms with Crippen LogP contribution in [0, 0.1) is 0 Å². The van der Waals surface area contributed by atoms with Crippen LogP contribution in [-0.4, -0.2) is 35.0 Å². The number of para-hydroxylation sites is 1. The molecule has 0 saturated heterocycles. The van der Waals surface area contributed by atoms with Gasteiger partial charge in [0.1, 0.15) is 5.82 Å². The lowest BCUT2D eigenvalue weighted by molar-refractivity contribution is 0.0746. The van der Waals surface area contributed by atoms with E-state index in [0.29, 0.717) is 30.2 Å². The molecule has 0 fully saturated rings. The Balaban J connectivity index is 1.88. The van der Waals surface area contributed by atoms with E-state index in [0.717, 1.165) is 23.5 Å². The standard InChI is InChI=1S/C17H19N3O3/c1-4-15-18-8-11-9-20(10-13(11)19-15)17(21)12-6-5-7-14(22-2)16(12)23-3/h5-8H,4,9-10H2,1-3H3. The Hall–Kier alpha value is -2.63. The summed E-state index contributed by atoms with van der Waals surface area (Å²) in [6.45, 7) is 3.02. The molecule has 0 radical (unpaired) electrons. The number of amides is 1. The summed E-state index contributed by atoms with van der Waals surface area (Å²) in [5, 5.41) is 0. The average molecular weight is 313 g/mol. The predicted octanol–water partition coefficient (Wildman–Crippen LogP) is 2.21. The lowest BCUT2D eigenvalue weighted by Crippen LogP contribution is -2.26. The normalized spacial score (nSPS) is 12.9. The van der Waals surface area contributed by atoms with Crippen LogP contribution in [0.15, 0.2) is 24.4 Å². The van der Waals surface area contributed by atoms with Crippen LogP contribution in [0.5, 0.6) is 11.5 Å². The van der Waals surface area contributed by atoms with E-state index in [4.69, 9.17) is 9.47 Å². The van der Waals surface area contributed by atoms with Crippen molar-refractivity contribution < 1.29 is 14.3 Å². The highest BCUT2D eigenvalue weighted by atomic mass is 16.5. The van der Waals surface area contributed by atoms with Crippen molar-refractivity contribution in [2.75, 3.05) is 14.2 Å². The van der Waals surface area contributed by atoms with Crippen molar-refractivity contribution in [1.82, 2.24) is 14.9 Å². The molecule has 0 unspecified atom stereocenters. The van der Waals surface area contributed by atoms with E-state index in [2.05, 4.69) is 9.97 Å². The summed E-state index contributed by atoms with van der Waals surface area (Å²) in [5.74, 6) is 1.70. The molecule has 0 aliphatic carbocycles. The molecular formula is C17H19N3O3. The fraction of sp³-hybridized carbons (Fsp3) is 0.353. The highest BCUT2D eigenvalue weighted by Crippen LogP contribution is 2.33. The number of fused-ring (bicyclic) bond motifs is 1. The van der Waals surface area contributed by atoms with Crippen molar-refractivity contribution in [3.8, 4) is 11.5 Å². The van der Waals surface area contributed by atoms with E-state index in [1.54, 1.807) is 30.2 Å². The number of carbonyl (C=O) groups is 1. The number of rotatable bonds is 4. The highest BCUT2D eigenvalue weighted by molar-refractivity contribution is 5.98. The van der Waals surface area contributed by atoms with E-state index in [9.17, 15) is 4.79 Å². The minimum Gasteiger partial charge on any atom is -0.493 e. The summed E-state index contributed by atoms with van der Waals surface area (Å²) < 4.78 is 10.6. The molecule has 6 heteroatoms.